The van der Waals surface area contributed by atoms with E-state index in [9.17, 15) is 5.11 Å². The zero-order valence-electron chi connectivity index (χ0n) is 13.9. The molecule has 24 heavy (non-hydrogen) atoms. The van der Waals surface area contributed by atoms with Gasteiger partial charge >= 0.3 is 0 Å². The van der Waals surface area contributed by atoms with Crippen LogP contribution < -0.4 is 15.4 Å². The summed E-state index contributed by atoms with van der Waals surface area (Å²) in [6.45, 7) is 3.25. The second-order valence-corrected chi connectivity index (χ2v) is 6.01. The third-order valence-electron chi connectivity index (χ3n) is 4.41. The van der Waals surface area contributed by atoms with Crippen LogP contribution in [0.2, 0.25) is 0 Å². The van der Waals surface area contributed by atoms with Gasteiger partial charge in [0.05, 0.1) is 13.2 Å². The molecular formula is C19H25ClN2O2. The summed E-state index contributed by atoms with van der Waals surface area (Å²) in [7, 11) is 1.70. The number of hydrogen-bond donors (Lipinski definition) is 3. The Balaban J connectivity index is 0.00000208. The lowest BCUT2D eigenvalue weighted by Gasteiger charge is -2.14. The fourth-order valence-corrected chi connectivity index (χ4v) is 3.01. The van der Waals surface area contributed by atoms with Crippen LogP contribution in [-0.4, -0.2) is 38.0 Å². The molecule has 2 aromatic carbocycles. The van der Waals surface area contributed by atoms with Crippen molar-refractivity contribution >= 4 is 12.4 Å². The molecule has 1 fully saturated rings. The molecule has 2 unspecified atom stereocenters. The van der Waals surface area contributed by atoms with Crippen LogP contribution in [0.1, 0.15) is 5.56 Å². The zero-order chi connectivity index (χ0) is 16.1. The average Bonchev–Trinajstić information content (AvgIpc) is 3.01. The monoisotopic (exact) mass is 348 g/mol. The van der Waals surface area contributed by atoms with Gasteiger partial charge in [-0.25, -0.2) is 0 Å². The highest BCUT2D eigenvalue weighted by molar-refractivity contribution is 5.85. The van der Waals surface area contributed by atoms with Crippen LogP contribution in [-0.2, 0) is 6.54 Å². The van der Waals surface area contributed by atoms with Crippen molar-refractivity contribution in [2.24, 2.45) is 5.92 Å². The second-order valence-electron chi connectivity index (χ2n) is 6.01. The number of hydrogen-bond acceptors (Lipinski definition) is 4. The van der Waals surface area contributed by atoms with Crippen LogP contribution in [0, 0.1) is 5.92 Å². The molecule has 0 aromatic heterocycles. The van der Waals surface area contributed by atoms with E-state index in [0.29, 0.717) is 12.5 Å². The van der Waals surface area contributed by atoms with Crippen LogP contribution in [0.4, 0.5) is 0 Å². The molecule has 0 saturated carbocycles. The number of β-amino-alcohol motifs (C(OH)–C–C–N with tert-alkyl or cyclic N) is 1. The van der Waals surface area contributed by atoms with E-state index < -0.39 is 0 Å². The number of aliphatic hydroxyl groups is 1. The molecule has 1 saturated heterocycles. The summed E-state index contributed by atoms with van der Waals surface area (Å²) in [4.78, 5) is 0. The SMILES string of the molecule is COc1ccccc1-c1ccc(CNCC2CNCC2O)cc1.Cl. The number of para-hydroxylation sites is 1. The fraction of sp³-hybridized carbons (Fsp3) is 0.368. The third-order valence-corrected chi connectivity index (χ3v) is 4.41. The molecule has 0 aliphatic carbocycles. The minimum absolute atomic E-state index is 0. The molecule has 0 radical (unpaired) electrons. The lowest BCUT2D eigenvalue weighted by molar-refractivity contribution is 0.146. The molecule has 4 nitrogen and oxygen atoms in total. The number of rotatable bonds is 6. The molecule has 1 aliphatic rings. The lowest BCUT2D eigenvalue weighted by Crippen LogP contribution is -2.30. The first-order chi connectivity index (χ1) is 11.3. The van der Waals surface area contributed by atoms with Crippen LogP contribution in [0.5, 0.6) is 5.75 Å². The molecule has 1 aliphatic heterocycles. The number of methoxy groups -OCH3 is 1. The Bertz CT molecular complexity index is 634. The van der Waals surface area contributed by atoms with Crippen molar-refractivity contribution in [3.05, 3.63) is 54.1 Å². The van der Waals surface area contributed by atoms with Gasteiger partial charge in [-0.1, -0.05) is 42.5 Å². The summed E-state index contributed by atoms with van der Waals surface area (Å²) < 4.78 is 5.42. The van der Waals surface area contributed by atoms with Crippen molar-refractivity contribution in [2.75, 3.05) is 26.7 Å². The van der Waals surface area contributed by atoms with E-state index in [-0.39, 0.29) is 18.5 Å². The van der Waals surface area contributed by atoms with Crippen LogP contribution in [0.15, 0.2) is 48.5 Å². The minimum atomic E-state index is -0.226. The maximum atomic E-state index is 9.78. The Hall–Kier alpha value is -1.59. The van der Waals surface area contributed by atoms with Gasteiger partial charge in [-0.3, -0.25) is 0 Å². The lowest BCUT2D eigenvalue weighted by atomic mass is 10.0. The first-order valence-corrected chi connectivity index (χ1v) is 8.10. The largest absolute Gasteiger partial charge is 0.496 e. The quantitative estimate of drug-likeness (QED) is 0.750. The van der Waals surface area contributed by atoms with Crippen molar-refractivity contribution in [1.29, 1.82) is 0 Å². The summed E-state index contributed by atoms with van der Waals surface area (Å²) in [6.07, 6.45) is -0.226. The molecule has 3 N–H and O–H groups in total. The maximum absolute atomic E-state index is 9.78. The second kappa shape index (κ2) is 9.04. The van der Waals surface area contributed by atoms with Crippen molar-refractivity contribution in [3.63, 3.8) is 0 Å². The van der Waals surface area contributed by atoms with Gasteiger partial charge in [-0.2, -0.15) is 0 Å². The van der Waals surface area contributed by atoms with Gasteiger partial charge in [-0.15, -0.1) is 12.4 Å². The molecule has 5 heteroatoms. The first kappa shape index (κ1) is 18.7. The van der Waals surface area contributed by atoms with Gasteiger partial charge in [0.2, 0.25) is 0 Å². The number of halogens is 1. The molecule has 2 aromatic rings. The Morgan fingerprint density at radius 1 is 1.12 bits per heavy atom. The third kappa shape index (κ3) is 4.48. The molecule has 3 rings (SSSR count). The van der Waals surface area contributed by atoms with E-state index in [4.69, 9.17) is 4.74 Å². The van der Waals surface area contributed by atoms with E-state index in [2.05, 4.69) is 41.0 Å². The normalized spacial score (nSPS) is 19.8. The Morgan fingerprint density at radius 2 is 1.88 bits per heavy atom. The maximum Gasteiger partial charge on any atom is 0.126 e. The summed E-state index contributed by atoms with van der Waals surface area (Å²) >= 11 is 0. The van der Waals surface area contributed by atoms with E-state index in [0.717, 1.165) is 36.5 Å². The van der Waals surface area contributed by atoms with E-state index >= 15 is 0 Å². The molecule has 0 amide bonds. The first-order valence-electron chi connectivity index (χ1n) is 8.10. The molecule has 2 atom stereocenters. The van der Waals surface area contributed by atoms with Gasteiger partial charge in [0.1, 0.15) is 5.75 Å². The van der Waals surface area contributed by atoms with Crippen molar-refractivity contribution in [1.82, 2.24) is 10.6 Å². The number of nitrogens with one attached hydrogen (secondary N) is 2. The highest BCUT2D eigenvalue weighted by Gasteiger charge is 2.23. The standard InChI is InChI=1S/C19H24N2O2.ClH/c1-23-19-5-3-2-4-17(19)15-8-6-14(7-9-15)10-20-11-16-12-21-13-18(16)22;/h2-9,16,18,20-22H,10-13H2,1H3;1H. The summed E-state index contributed by atoms with van der Waals surface area (Å²) in [5.74, 6) is 1.20. The Morgan fingerprint density at radius 3 is 2.54 bits per heavy atom. The molecule has 0 spiro atoms. The smallest absolute Gasteiger partial charge is 0.126 e. The number of ether oxygens (including phenoxy) is 1. The topological polar surface area (TPSA) is 53.5 Å². The minimum Gasteiger partial charge on any atom is -0.496 e. The summed E-state index contributed by atoms with van der Waals surface area (Å²) in [5, 5.41) is 16.4. The fourth-order valence-electron chi connectivity index (χ4n) is 3.01. The number of aliphatic hydroxyl groups excluding tert-OH is 1. The van der Waals surface area contributed by atoms with Crippen LogP contribution in [0.25, 0.3) is 11.1 Å². The zero-order valence-corrected chi connectivity index (χ0v) is 14.7. The molecule has 130 valence electrons. The summed E-state index contributed by atoms with van der Waals surface area (Å²) in [6, 6.07) is 16.6. The van der Waals surface area contributed by atoms with Crippen LogP contribution in [0.3, 0.4) is 0 Å². The Labute approximate surface area is 149 Å². The van der Waals surface area contributed by atoms with E-state index in [1.807, 2.05) is 18.2 Å². The molecule has 1 heterocycles. The summed E-state index contributed by atoms with van der Waals surface area (Å²) in [5.41, 5.74) is 3.50. The molecular weight excluding hydrogens is 324 g/mol. The average molecular weight is 349 g/mol. The van der Waals surface area contributed by atoms with Gasteiger partial charge in [0, 0.05) is 37.7 Å². The van der Waals surface area contributed by atoms with Crippen molar-refractivity contribution < 1.29 is 9.84 Å². The highest BCUT2D eigenvalue weighted by atomic mass is 35.5. The predicted molar refractivity (Wildman–Crippen MR) is 99.8 cm³/mol. The van der Waals surface area contributed by atoms with E-state index in [1.165, 1.54) is 5.56 Å². The van der Waals surface area contributed by atoms with Crippen molar-refractivity contribution in [2.45, 2.75) is 12.6 Å². The van der Waals surface area contributed by atoms with E-state index in [1.54, 1.807) is 7.11 Å². The predicted octanol–water partition coefficient (Wildman–Crippen LogP) is 2.45. The highest BCUT2D eigenvalue weighted by Crippen LogP contribution is 2.29. The van der Waals surface area contributed by atoms with Crippen LogP contribution >= 0.6 is 12.4 Å². The number of benzene rings is 2. The van der Waals surface area contributed by atoms with Gasteiger partial charge < -0.3 is 20.5 Å². The van der Waals surface area contributed by atoms with Gasteiger partial charge in [-0.05, 0) is 17.2 Å². The van der Waals surface area contributed by atoms with Gasteiger partial charge in [0.25, 0.3) is 0 Å². The Kier molecular flexibility index (Phi) is 7.06. The molecule has 0 bridgehead atoms. The van der Waals surface area contributed by atoms with Crippen molar-refractivity contribution in [3.8, 4) is 16.9 Å². The van der Waals surface area contributed by atoms with Gasteiger partial charge in [0.15, 0.2) is 0 Å².